The van der Waals surface area contributed by atoms with Gasteiger partial charge >= 0.3 is 0 Å². The summed E-state index contributed by atoms with van der Waals surface area (Å²) in [6.07, 6.45) is 1.26. The van der Waals surface area contributed by atoms with Crippen LogP contribution in [0.1, 0.15) is 27.7 Å². The highest BCUT2D eigenvalue weighted by Crippen LogP contribution is 2.40. The maximum Gasteiger partial charge on any atom is 0.262 e. The molecule has 1 N–H and O–H groups in total. The van der Waals surface area contributed by atoms with Gasteiger partial charge < -0.3 is 14.8 Å². The van der Waals surface area contributed by atoms with Gasteiger partial charge in [0.2, 0.25) is 5.88 Å². The van der Waals surface area contributed by atoms with Crippen LogP contribution in [-0.2, 0) is 6.61 Å². The van der Waals surface area contributed by atoms with Crippen LogP contribution in [0, 0.1) is 0 Å². The number of hydrogen-bond donors (Lipinski definition) is 1. The zero-order valence-electron chi connectivity index (χ0n) is 20.3. The van der Waals surface area contributed by atoms with Gasteiger partial charge in [0.05, 0.1) is 18.4 Å². The molecule has 0 fully saturated rings. The Morgan fingerprint density at radius 1 is 0.892 bits per heavy atom. The average molecular weight is 488 g/mol. The maximum absolute atomic E-state index is 14.0. The number of aromatic nitrogens is 1. The third-order valence-corrected chi connectivity index (χ3v) is 6.59. The topological polar surface area (TPSA) is 63.7 Å². The second kappa shape index (κ2) is 9.66. The van der Waals surface area contributed by atoms with Gasteiger partial charge in [-0.1, -0.05) is 60.7 Å². The lowest BCUT2D eigenvalue weighted by atomic mass is 9.99. The molecule has 1 aromatic heterocycles. The largest absolute Gasteiger partial charge is 0.496 e. The highest BCUT2D eigenvalue weighted by atomic mass is 16.5. The Labute approximate surface area is 215 Å². The van der Waals surface area contributed by atoms with Gasteiger partial charge in [-0.15, -0.1) is 0 Å². The molecule has 0 aliphatic carbocycles. The van der Waals surface area contributed by atoms with Crippen molar-refractivity contribution in [1.82, 2.24) is 4.98 Å². The van der Waals surface area contributed by atoms with Crippen LogP contribution in [0.4, 0.5) is 11.4 Å². The van der Waals surface area contributed by atoms with Crippen LogP contribution < -0.4 is 19.7 Å². The third-order valence-electron chi connectivity index (χ3n) is 6.59. The average Bonchev–Trinajstić information content (AvgIpc) is 2.96. The molecule has 6 heteroatoms. The summed E-state index contributed by atoms with van der Waals surface area (Å²) in [5, 5.41) is 5.69. The van der Waals surface area contributed by atoms with Gasteiger partial charge in [0.1, 0.15) is 18.5 Å². The molecule has 1 aliphatic rings. The van der Waals surface area contributed by atoms with Crippen molar-refractivity contribution in [1.29, 1.82) is 0 Å². The van der Waals surface area contributed by atoms with Gasteiger partial charge in [-0.3, -0.25) is 9.69 Å². The predicted octanol–water partition coefficient (Wildman–Crippen LogP) is 6.59. The van der Waals surface area contributed by atoms with Crippen molar-refractivity contribution in [3.63, 3.8) is 0 Å². The van der Waals surface area contributed by atoms with Gasteiger partial charge in [-0.05, 0) is 47.3 Å². The standard InChI is InChI=1S/C31H25N3O3/c1-36-28-17-16-22(19-23(28)20-37-29-15-6-7-18-32-29)30-33-26-13-5-4-12-25(26)31(35)34(30)27-14-8-10-21-9-2-3-11-24(21)27/h2-19,30,33H,20H2,1H3. The third kappa shape index (κ3) is 4.23. The van der Waals surface area contributed by atoms with Crippen LogP contribution >= 0.6 is 0 Å². The van der Waals surface area contributed by atoms with E-state index in [1.807, 2.05) is 89.8 Å². The summed E-state index contributed by atoms with van der Waals surface area (Å²) in [5.74, 6) is 1.18. The fraction of sp³-hybridized carbons (Fsp3) is 0.0968. The van der Waals surface area contributed by atoms with E-state index in [9.17, 15) is 4.79 Å². The Morgan fingerprint density at radius 3 is 2.57 bits per heavy atom. The molecule has 6 rings (SSSR count). The molecule has 5 aromatic rings. The van der Waals surface area contributed by atoms with E-state index in [0.29, 0.717) is 17.2 Å². The van der Waals surface area contributed by atoms with Gasteiger partial charge in [0, 0.05) is 28.9 Å². The van der Waals surface area contributed by atoms with E-state index in [4.69, 9.17) is 9.47 Å². The van der Waals surface area contributed by atoms with E-state index in [1.165, 1.54) is 0 Å². The van der Waals surface area contributed by atoms with Gasteiger partial charge in [-0.2, -0.15) is 0 Å². The van der Waals surface area contributed by atoms with Crippen molar-refractivity contribution in [2.24, 2.45) is 0 Å². The molecule has 182 valence electrons. The predicted molar refractivity (Wildman–Crippen MR) is 145 cm³/mol. The Morgan fingerprint density at radius 2 is 1.70 bits per heavy atom. The van der Waals surface area contributed by atoms with Crippen molar-refractivity contribution in [3.8, 4) is 11.6 Å². The summed E-state index contributed by atoms with van der Waals surface area (Å²) in [4.78, 5) is 20.1. The zero-order chi connectivity index (χ0) is 25.2. The van der Waals surface area contributed by atoms with Crippen molar-refractivity contribution in [2.45, 2.75) is 12.8 Å². The molecule has 1 unspecified atom stereocenters. The van der Waals surface area contributed by atoms with Crippen molar-refractivity contribution >= 4 is 28.1 Å². The summed E-state index contributed by atoms with van der Waals surface area (Å²) in [7, 11) is 1.64. The minimum absolute atomic E-state index is 0.0576. The zero-order valence-corrected chi connectivity index (χ0v) is 20.3. The van der Waals surface area contributed by atoms with Crippen LogP contribution in [0.2, 0.25) is 0 Å². The Hall–Kier alpha value is -4.84. The van der Waals surface area contributed by atoms with Crippen LogP contribution in [0.5, 0.6) is 11.6 Å². The molecule has 0 bridgehead atoms. The second-order valence-corrected chi connectivity index (χ2v) is 8.79. The SMILES string of the molecule is COc1ccc(C2Nc3ccccc3C(=O)N2c2cccc3ccccc23)cc1COc1ccccn1. The molecule has 4 aromatic carbocycles. The fourth-order valence-corrected chi connectivity index (χ4v) is 4.82. The fourth-order valence-electron chi connectivity index (χ4n) is 4.82. The van der Waals surface area contributed by atoms with E-state index in [2.05, 4.69) is 28.5 Å². The van der Waals surface area contributed by atoms with Gasteiger partial charge in [-0.25, -0.2) is 4.98 Å². The number of methoxy groups -OCH3 is 1. The number of benzene rings is 4. The summed E-state index contributed by atoms with van der Waals surface area (Å²) in [6, 6.07) is 33.3. The first-order chi connectivity index (χ1) is 18.2. The number of para-hydroxylation sites is 1. The van der Waals surface area contributed by atoms with Gasteiger partial charge in [0.15, 0.2) is 0 Å². The number of pyridine rings is 1. The quantitative estimate of drug-likeness (QED) is 0.293. The van der Waals surface area contributed by atoms with Crippen LogP contribution in [0.15, 0.2) is 109 Å². The summed E-state index contributed by atoms with van der Waals surface area (Å²) in [5.41, 5.74) is 4.06. The van der Waals surface area contributed by atoms with E-state index in [1.54, 1.807) is 13.3 Å². The number of ether oxygens (including phenoxy) is 2. The minimum Gasteiger partial charge on any atom is -0.496 e. The van der Waals surface area contributed by atoms with Crippen molar-refractivity contribution in [2.75, 3.05) is 17.3 Å². The van der Waals surface area contributed by atoms with E-state index < -0.39 is 6.17 Å². The molecule has 1 aliphatic heterocycles. The summed E-state index contributed by atoms with van der Waals surface area (Å²) >= 11 is 0. The number of hydrogen-bond acceptors (Lipinski definition) is 5. The molecule has 0 spiro atoms. The van der Waals surface area contributed by atoms with Crippen LogP contribution in [0.25, 0.3) is 10.8 Å². The maximum atomic E-state index is 14.0. The monoisotopic (exact) mass is 487 g/mol. The molecule has 1 atom stereocenters. The summed E-state index contributed by atoms with van der Waals surface area (Å²) < 4.78 is 11.6. The molecule has 2 heterocycles. The van der Waals surface area contributed by atoms with Crippen LogP contribution in [0.3, 0.4) is 0 Å². The molecule has 0 saturated heterocycles. The molecule has 0 saturated carbocycles. The molecule has 1 amide bonds. The molecule has 6 nitrogen and oxygen atoms in total. The number of carbonyl (C=O) groups is 1. The number of anilines is 2. The first-order valence-corrected chi connectivity index (χ1v) is 12.1. The second-order valence-electron chi connectivity index (χ2n) is 8.79. The highest BCUT2D eigenvalue weighted by molar-refractivity contribution is 6.15. The number of nitrogens with one attached hydrogen (secondary N) is 1. The smallest absolute Gasteiger partial charge is 0.262 e. The highest BCUT2D eigenvalue weighted by Gasteiger charge is 2.35. The Kier molecular flexibility index (Phi) is 5.91. The van der Waals surface area contributed by atoms with Crippen molar-refractivity contribution < 1.29 is 14.3 Å². The number of rotatable bonds is 6. The van der Waals surface area contributed by atoms with E-state index in [-0.39, 0.29) is 12.5 Å². The minimum atomic E-state index is -0.437. The molecular weight excluding hydrogens is 462 g/mol. The Balaban J connectivity index is 1.45. The number of carbonyl (C=O) groups excluding carboxylic acids is 1. The molecule has 37 heavy (non-hydrogen) atoms. The van der Waals surface area contributed by atoms with E-state index >= 15 is 0 Å². The normalized spacial score (nSPS) is 14.7. The van der Waals surface area contributed by atoms with Crippen LogP contribution in [-0.4, -0.2) is 18.0 Å². The number of fused-ring (bicyclic) bond motifs is 2. The lowest BCUT2D eigenvalue weighted by Gasteiger charge is -2.39. The number of amides is 1. The first-order valence-electron chi connectivity index (χ1n) is 12.1. The molecular formula is C31H25N3O3. The lowest BCUT2D eigenvalue weighted by molar-refractivity contribution is 0.0975. The van der Waals surface area contributed by atoms with E-state index in [0.717, 1.165) is 33.3 Å². The lowest BCUT2D eigenvalue weighted by Crippen LogP contribution is -2.43. The first kappa shape index (κ1) is 22.6. The van der Waals surface area contributed by atoms with Crippen molar-refractivity contribution in [3.05, 3.63) is 126 Å². The number of nitrogens with zero attached hydrogens (tertiary/aromatic N) is 2. The van der Waals surface area contributed by atoms with Gasteiger partial charge in [0.25, 0.3) is 5.91 Å². The summed E-state index contributed by atoms with van der Waals surface area (Å²) in [6.45, 7) is 0.277. The molecule has 0 radical (unpaired) electrons. The Bertz CT molecular complexity index is 1580.